The van der Waals surface area contributed by atoms with Gasteiger partial charge in [-0.25, -0.2) is 0 Å². The van der Waals surface area contributed by atoms with Crippen molar-refractivity contribution in [3.8, 4) is 12.3 Å². The topological polar surface area (TPSA) is 148 Å². The van der Waals surface area contributed by atoms with Crippen LogP contribution in [0, 0.1) is 12.3 Å². The molecule has 0 N–H and O–H groups in total. The molecule has 0 bridgehead atoms. The Kier molecular flexibility index (Phi) is 18.1. The Bertz CT molecular complexity index is 2850. The number of terminal acetylenes is 1. The SMILES string of the molecule is C#CCO[C@@H]1[C@H](O[C@@H]2[C@H](O[C@@H]3[C@@H](OC)O[C@@H]4CO[C@@H](c5ccccc5)O[C@H]4[C@@H]3OCc3ccccc3)O[C@@H]3CO[C@@H](c4ccccc4)O[C@H]3[C@@H]2OCc2ccccc2)O[C@@H]2CO[C@@H](c3ccccc3)O[C@H]2[C@@H]1OCc1ccccc1. The van der Waals surface area contributed by atoms with Crippen molar-refractivity contribution in [2.45, 2.75) is 131 Å². The van der Waals surface area contributed by atoms with E-state index < -0.39 is 111 Å². The van der Waals surface area contributed by atoms with Crippen LogP contribution in [0.15, 0.2) is 182 Å². The summed E-state index contributed by atoms with van der Waals surface area (Å²) >= 11 is 0. The standard InChI is InChI=1S/C64H66O16/c1-3-34-66-56-53(67-35-41-22-10-4-11-23-41)50-48(39-71-59(76-50)44-28-16-7-17-29-44)74-63(56)80-58-55(69-37-43-26-14-6-15-27-43)52-49(40-72-61(78-52)46-32-20-9-21-33-46)75-64(58)79-57-54(68-36-42-24-12-5-13-25-42)51-47(73-62(57)65-2)38-70-60(77-51)45-30-18-8-19-31-45/h1,4-33,47-64H,34-40H2,2H3/t47-,48-,49-,50-,51-,52-,53+,54+,55+,56+,57+,58+,59-,60-,61-,62+,63+,64+/m1/s1. The molecule has 80 heavy (non-hydrogen) atoms. The maximum atomic E-state index is 7.47. The summed E-state index contributed by atoms with van der Waals surface area (Å²) < 4.78 is 110. The van der Waals surface area contributed by atoms with E-state index in [0.29, 0.717) is 0 Å². The summed E-state index contributed by atoms with van der Waals surface area (Å²) in [6, 6.07) is 58.9. The highest BCUT2D eigenvalue weighted by Gasteiger charge is 2.59. The maximum Gasteiger partial charge on any atom is 0.187 e. The summed E-state index contributed by atoms with van der Waals surface area (Å²) in [5, 5.41) is 0. The number of hydrogen-bond donors (Lipinski definition) is 0. The molecule has 6 saturated heterocycles. The van der Waals surface area contributed by atoms with Crippen molar-refractivity contribution in [1.29, 1.82) is 0 Å². The van der Waals surface area contributed by atoms with Crippen molar-refractivity contribution in [3.63, 3.8) is 0 Å². The Morgan fingerprint density at radius 2 is 0.688 bits per heavy atom. The number of ether oxygens (including phenoxy) is 16. The molecule has 0 amide bonds. The second kappa shape index (κ2) is 26.4. The Morgan fingerprint density at radius 3 is 1.04 bits per heavy atom. The van der Waals surface area contributed by atoms with Crippen molar-refractivity contribution in [3.05, 3.63) is 215 Å². The van der Waals surface area contributed by atoms with Crippen LogP contribution >= 0.6 is 0 Å². The molecule has 18 atom stereocenters. The third kappa shape index (κ3) is 12.7. The van der Waals surface area contributed by atoms with Gasteiger partial charge in [0.05, 0.1) is 39.6 Å². The first-order chi connectivity index (χ1) is 39.6. The Balaban J connectivity index is 0.930. The molecule has 6 aliphatic rings. The van der Waals surface area contributed by atoms with Gasteiger partial charge >= 0.3 is 0 Å². The molecule has 6 aliphatic heterocycles. The Hall–Kier alpha value is -5.76. The minimum atomic E-state index is -1.28. The number of fused-ring (bicyclic) bond motifs is 3. The lowest BCUT2D eigenvalue weighted by molar-refractivity contribution is -0.430. The molecular weight excluding hydrogens is 1020 g/mol. The van der Waals surface area contributed by atoms with Gasteiger partial charge in [-0.3, -0.25) is 0 Å². The summed E-state index contributed by atoms with van der Waals surface area (Å²) in [7, 11) is 1.56. The van der Waals surface area contributed by atoms with E-state index >= 15 is 0 Å². The fraction of sp³-hybridized carbons (Fsp3) is 0.406. The Morgan fingerprint density at radius 1 is 0.375 bits per heavy atom. The highest BCUT2D eigenvalue weighted by Crippen LogP contribution is 2.44. The lowest BCUT2D eigenvalue weighted by atomic mass is 9.94. The van der Waals surface area contributed by atoms with Crippen LogP contribution in [0.4, 0.5) is 0 Å². The van der Waals surface area contributed by atoms with Gasteiger partial charge in [0.25, 0.3) is 0 Å². The first-order valence-electron chi connectivity index (χ1n) is 27.3. The summed E-state index contributed by atoms with van der Waals surface area (Å²) in [6.45, 7) is 0.896. The number of hydrogen-bond acceptors (Lipinski definition) is 16. The third-order valence-corrected chi connectivity index (χ3v) is 15.1. The highest BCUT2D eigenvalue weighted by molar-refractivity contribution is 5.21. The van der Waals surface area contributed by atoms with Crippen LogP contribution in [0.25, 0.3) is 0 Å². The zero-order chi connectivity index (χ0) is 54.0. The summed E-state index contributed by atoms with van der Waals surface area (Å²) in [5.41, 5.74) is 5.28. The number of benzene rings is 6. The lowest BCUT2D eigenvalue weighted by Crippen LogP contribution is -2.69. The molecule has 6 heterocycles. The van der Waals surface area contributed by atoms with Crippen molar-refractivity contribution in [2.75, 3.05) is 33.5 Å². The second-order valence-electron chi connectivity index (χ2n) is 20.4. The van der Waals surface area contributed by atoms with Crippen LogP contribution in [0.1, 0.15) is 52.3 Å². The molecule has 0 radical (unpaired) electrons. The van der Waals surface area contributed by atoms with Crippen LogP contribution in [-0.4, -0.2) is 126 Å². The van der Waals surface area contributed by atoms with Gasteiger partial charge in [0.2, 0.25) is 0 Å². The fourth-order valence-electron chi connectivity index (χ4n) is 11.2. The molecule has 12 rings (SSSR count). The van der Waals surface area contributed by atoms with Crippen LogP contribution < -0.4 is 0 Å². The number of methoxy groups -OCH3 is 1. The van der Waals surface area contributed by atoms with E-state index in [9.17, 15) is 0 Å². The normalized spacial score (nSPS) is 34.0. The van der Waals surface area contributed by atoms with Crippen molar-refractivity contribution in [1.82, 2.24) is 0 Å². The van der Waals surface area contributed by atoms with Crippen molar-refractivity contribution < 1.29 is 75.8 Å². The molecule has 16 heteroatoms. The third-order valence-electron chi connectivity index (χ3n) is 15.1. The van der Waals surface area contributed by atoms with Gasteiger partial charge in [0.1, 0.15) is 79.9 Å². The van der Waals surface area contributed by atoms with E-state index in [0.717, 1.165) is 33.4 Å². The maximum absolute atomic E-state index is 7.47. The van der Waals surface area contributed by atoms with Gasteiger partial charge in [0.15, 0.2) is 37.7 Å². The van der Waals surface area contributed by atoms with E-state index in [4.69, 9.17) is 82.2 Å². The quantitative estimate of drug-likeness (QED) is 0.0712. The fourth-order valence-corrected chi connectivity index (χ4v) is 11.2. The van der Waals surface area contributed by atoms with Gasteiger partial charge in [-0.15, -0.1) is 6.42 Å². The van der Waals surface area contributed by atoms with Gasteiger partial charge in [-0.1, -0.05) is 188 Å². The minimum Gasteiger partial charge on any atom is -0.368 e. The molecule has 0 spiro atoms. The first kappa shape index (κ1) is 54.8. The van der Waals surface area contributed by atoms with Crippen LogP contribution in [0.2, 0.25) is 0 Å². The smallest absolute Gasteiger partial charge is 0.187 e. The summed E-state index contributed by atoms with van der Waals surface area (Å²) in [6.07, 6.45) is -9.78. The van der Waals surface area contributed by atoms with Crippen LogP contribution in [0.5, 0.6) is 0 Å². The molecular formula is C64H66O16. The van der Waals surface area contributed by atoms with Crippen molar-refractivity contribution in [2.24, 2.45) is 0 Å². The average Bonchev–Trinajstić information content (AvgIpc) is 3.56. The molecule has 6 aromatic rings. The van der Waals surface area contributed by atoms with E-state index in [-0.39, 0.29) is 46.2 Å². The highest BCUT2D eigenvalue weighted by atomic mass is 16.8. The predicted octanol–water partition coefficient (Wildman–Crippen LogP) is 8.70. The average molecular weight is 1090 g/mol. The monoisotopic (exact) mass is 1090 g/mol. The molecule has 418 valence electrons. The molecule has 0 unspecified atom stereocenters. The molecule has 0 aliphatic carbocycles. The molecule has 6 aromatic carbocycles. The molecule has 6 fully saturated rings. The van der Waals surface area contributed by atoms with E-state index in [1.54, 1.807) is 7.11 Å². The summed E-state index contributed by atoms with van der Waals surface area (Å²) in [5.74, 6) is 2.66. The van der Waals surface area contributed by atoms with E-state index in [1.165, 1.54) is 0 Å². The van der Waals surface area contributed by atoms with E-state index in [1.807, 2.05) is 182 Å². The van der Waals surface area contributed by atoms with Gasteiger partial charge < -0.3 is 75.8 Å². The van der Waals surface area contributed by atoms with Crippen LogP contribution in [0.3, 0.4) is 0 Å². The molecule has 0 saturated carbocycles. The van der Waals surface area contributed by atoms with Gasteiger partial charge in [-0.05, 0) is 16.7 Å². The van der Waals surface area contributed by atoms with Crippen LogP contribution in [-0.2, 0) is 95.6 Å². The van der Waals surface area contributed by atoms with Gasteiger partial charge in [-0.2, -0.15) is 0 Å². The zero-order valence-electron chi connectivity index (χ0n) is 44.3. The first-order valence-corrected chi connectivity index (χ1v) is 27.3. The molecule has 0 aromatic heterocycles. The zero-order valence-corrected chi connectivity index (χ0v) is 44.3. The van der Waals surface area contributed by atoms with E-state index in [2.05, 4.69) is 5.92 Å². The largest absolute Gasteiger partial charge is 0.368 e. The summed E-state index contributed by atoms with van der Waals surface area (Å²) in [4.78, 5) is 0. The minimum absolute atomic E-state index is 0.110. The number of rotatable bonds is 19. The molecule has 16 nitrogen and oxygen atoms in total. The van der Waals surface area contributed by atoms with Crippen molar-refractivity contribution >= 4 is 0 Å². The predicted molar refractivity (Wildman–Crippen MR) is 286 cm³/mol. The Labute approximate surface area is 466 Å². The second-order valence-corrected chi connectivity index (χ2v) is 20.4. The van der Waals surface area contributed by atoms with Gasteiger partial charge in [0, 0.05) is 23.8 Å². The lowest BCUT2D eigenvalue weighted by Gasteiger charge is -2.54.